The van der Waals surface area contributed by atoms with E-state index in [1.807, 2.05) is 5.73 Å². The molecule has 6 heavy (non-hydrogen) atoms. The van der Waals surface area contributed by atoms with Crippen LogP contribution < -0.4 is 5.11 Å². The molecule has 0 rings (SSSR count). The smallest absolute Gasteiger partial charge is 0.0719 e. The Bertz CT molecular complexity index is 98.1. The van der Waals surface area contributed by atoms with Crippen LogP contribution in [-0.2, 0) is 4.79 Å². The zero-order valence-electron chi connectivity index (χ0n) is 3.10. The molecule has 0 spiro atoms. The van der Waals surface area contributed by atoms with Gasteiger partial charge in [0.05, 0.1) is 5.97 Å². The van der Waals surface area contributed by atoms with Crippen LogP contribution in [0.4, 0.5) is 0 Å². The monoisotopic (exact) mass is 83.0 g/mol. The molecule has 0 aromatic heterocycles. The Labute approximate surface area is 35.4 Å². The van der Waals surface area contributed by atoms with Gasteiger partial charge in [-0.1, -0.05) is 6.58 Å². The number of carboxylic acid groups (broad SMARTS) is 1. The highest BCUT2D eigenvalue weighted by molar-refractivity contribution is 5.77. The van der Waals surface area contributed by atoms with E-state index >= 15 is 0 Å². The molecule has 0 aliphatic carbocycles. The van der Waals surface area contributed by atoms with Crippen molar-refractivity contribution in [3.8, 4) is 0 Å². The molecule has 0 N–H and O–H groups in total. The zero-order valence-corrected chi connectivity index (χ0v) is 3.10. The highest BCUT2D eigenvalue weighted by atomic mass is 16.4. The summed E-state index contributed by atoms with van der Waals surface area (Å²) >= 11 is 0. The van der Waals surface area contributed by atoms with E-state index < -0.39 is 5.97 Å². The Kier molecular flexibility index (Phi) is 1.86. The number of carbonyl (C=O) groups excluding carboxylic acids is 1. The van der Waals surface area contributed by atoms with Gasteiger partial charge in [-0.25, -0.2) is 0 Å². The van der Waals surface area contributed by atoms with Gasteiger partial charge in [-0.2, -0.15) is 0 Å². The van der Waals surface area contributed by atoms with Gasteiger partial charge < -0.3 is 9.90 Å². The first-order valence-corrected chi connectivity index (χ1v) is 1.34. The first-order chi connectivity index (χ1) is 2.77. The van der Waals surface area contributed by atoms with Crippen molar-refractivity contribution in [2.45, 2.75) is 0 Å². The van der Waals surface area contributed by atoms with E-state index in [1.54, 1.807) is 0 Å². The quantitative estimate of drug-likeness (QED) is 0.304. The maximum atomic E-state index is 9.33. The summed E-state index contributed by atoms with van der Waals surface area (Å²) < 4.78 is 0. The van der Waals surface area contributed by atoms with Crippen LogP contribution in [0, 0.1) is 0 Å². The Balaban J connectivity index is 3.60. The second kappa shape index (κ2) is 2.24. The van der Waals surface area contributed by atoms with Gasteiger partial charge >= 0.3 is 0 Å². The number of aliphatic carboxylic acids is 1. The molecule has 32 valence electrons. The van der Waals surface area contributed by atoms with Crippen LogP contribution in [0.5, 0.6) is 0 Å². The Morgan fingerprint density at radius 3 is 2.50 bits per heavy atom. The van der Waals surface area contributed by atoms with E-state index in [0.29, 0.717) is 0 Å². The minimum absolute atomic E-state index is 0.736. The topological polar surface area (TPSA) is 40.1 Å². The molecule has 0 amide bonds. The highest BCUT2D eigenvalue weighted by Crippen LogP contribution is 1.52. The van der Waals surface area contributed by atoms with Gasteiger partial charge in [-0.05, 0) is 0 Å². The number of carboxylic acids is 1. The summed E-state index contributed by atoms with van der Waals surface area (Å²) in [7, 11) is 0. The largest absolute Gasteiger partial charge is 0.545 e. The molecule has 0 fully saturated rings. The highest BCUT2D eigenvalue weighted by Gasteiger charge is 1.59. The Morgan fingerprint density at radius 2 is 2.50 bits per heavy atom. The van der Waals surface area contributed by atoms with E-state index in [-0.39, 0.29) is 0 Å². The summed E-state index contributed by atoms with van der Waals surface area (Å²) in [6.07, 6.45) is 0.736. The van der Waals surface area contributed by atoms with Crippen LogP contribution in [0.2, 0.25) is 0 Å². The predicted octanol–water partition coefficient (Wildman–Crippen LogP) is -0.923. The van der Waals surface area contributed by atoms with Crippen LogP contribution in [0.3, 0.4) is 0 Å². The maximum Gasteiger partial charge on any atom is 0.0719 e. The zero-order chi connectivity index (χ0) is 4.99. The molecule has 0 aliphatic heterocycles. The van der Waals surface area contributed by atoms with Gasteiger partial charge in [0.15, 0.2) is 0 Å². The van der Waals surface area contributed by atoms with Gasteiger partial charge in [0, 0.05) is 6.08 Å². The normalized spacial score (nSPS) is 6.00. The molecule has 0 radical (unpaired) electrons. The van der Waals surface area contributed by atoms with Gasteiger partial charge in [0.25, 0.3) is 0 Å². The third-order valence-corrected chi connectivity index (χ3v) is 0.220. The molecule has 0 atom stereocenters. The van der Waals surface area contributed by atoms with Crippen molar-refractivity contribution < 1.29 is 9.90 Å². The van der Waals surface area contributed by atoms with Gasteiger partial charge in [0.1, 0.15) is 0 Å². The molecule has 0 saturated carbocycles. The van der Waals surface area contributed by atoms with Gasteiger partial charge in [-0.3, -0.25) is 0 Å². The van der Waals surface area contributed by atoms with Crippen LogP contribution >= 0.6 is 0 Å². The molecular formula is C4H3O2-. The summed E-state index contributed by atoms with van der Waals surface area (Å²) in [5, 5.41) is 9.33. The number of hydrogen-bond donors (Lipinski definition) is 0. The van der Waals surface area contributed by atoms with Crippen molar-refractivity contribution in [1.82, 2.24) is 0 Å². The third kappa shape index (κ3) is 2.99. The first-order valence-electron chi connectivity index (χ1n) is 1.34. The standard InChI is InChI=1S/C4H4O2/c1-2-3-4(5)6/h3H,1H2,(H,5,6)/p-1. The maximum absolute atomic E-state index is 9.33. The second-order valence-electron chi connectivity index (χ2n) is 0.667. The second-order valence-corrected chi connectivity index (χ2v) is 0.667. The van der Waals surface area contributed by atoms with Crippen molar-refractivity contribution in [1.29, 1.82) is 0 Å². The summed E-state index contributed by atoms with van der Waals surface area (Å²) in [4.78, 5) is 9.33. The molecule has 0 aromatic rings. The third-order valence-electron chi connectivity index (χ3n) is 0.220. The fraction of sp³-hybridized carbons (Fsp3) is 0. The van der Waals surface area contributed by atoms with Crippen LogP contribution in [0.25, 0.3) is 0 Å². The molecule has 0 aliphatic rings. The van der Waals surface area contributed by atoms with Crippen molar-refractivity contribution in [2.75, 3.05) is 0 Å². The minimum Gasteiger partial charge on any atom is -0.545 e. The SMILES string of the molecule is C=C=CC(=O)[O-]. The number of carbonyl (C=O) groups is 1. The molecule has 0 heterocycles. The number of rotatable bonds is 1. The summed E-state index contributed by atoms with van der Waals surface area (Å²) in [5.41, 5.74) is 2.03. The molecule has 2 heteroatoms. The molecule has 0 saturated heterocycles. The average molecular weight is 83.1 g/mol. The predicted molar refractivity (Wildman–Crippen MR) is 18.7 cm³/mol. The minimum atomic E-state index is -1.26. The van der Waals surface area contributed by atoms with E-state index in [1.165, 1.54) is 0 Å². The van der Waals surface area contributed by atoms with E-state index in [9.17, 15) is 9.90 Å². The van der Waals surface area contributed by atoms with Crippen molar-refractivity contribution in [3.05, 3.63) is 18.4 Å². The van der Waals surface area contributed by atoms with Crippen LogP contribution in [0.15, 0.2) is 18.4 Å². The van der Waals surface area contributed by atoms with E-state index in [2.05, 4.69) is 6.58 Å². The fourth-order valence-electron chi connectivity index (χ4n) is 0.0833. The molecule has 0 bridgehead atoms. The Hall–Kier alpha value is -1.01. The lowest BCUT2D eigenvalue weighted by atomic mass is 10.6. The Morgan fingerprint density at radius 1 is 2.00 bits per heavy atom. The van der Waals surface area contributed by atoms with E-state index in [4.69, 9.17) is 0 Å². The van der Waals surface area contributed by atoms with Gasteiger partial charge in [-0.15, -0.1) is 5.73 Å². The van der Waals surface area contributed by atoms with Crippen molar-refractivity contribution in [3.63, 3.8) is 0 Å². The first kappa shape index (κ1) is 4.99. The summed E-state index contributed by atoms with van der Waals surface area (Å²) in [5.74, 6) is -1.26. The lowest BCUT2D eigenvalue weighted by molar-refractivity contribution is -0.297. The lowest BCUT2D eigenvalue weighted by Crippen LogP contribution is -2.18. The summed E-state index contributed by atoms with van der Waals surface area (Å²) in [6.45, 7) is 3.00. The average Bonchev–Trinajstić information content (AvgIpc) is 1.35. The summed E-state index contributed by atoms with van der Waals surface area (Å²) in [6, 6.07) is 0. The number of hydrogen-bond acceptors (Lipinski definition) is 2. The molecule has 0 aromatic carbocycles. The van der Waals surface area contributed by atoms with Crippen molar-refractivity contribution in [2.24, 2.45) is 0 Å². The van der Waals surface area contributed by atoms with Crippen molar-refractivity contribution >= 4 is 5.97 Å². The fourth-order valence-corrected chi connectivity index (χ4v) is 0.0833. The lowest BCUT2D eigenvalue weighted by Gasteiger charge is -1.81. The van der Waals surface area contributed by atoms with E-state index in [0.717, 1.165) is 6.08 Å². The molecular weight excluding hydrogens is 80.0 g/mol. The van der Waals surface area contributed by atoms with Crippen LogP contribution in [0.1, 0.15) is 0 Å². The van der Waals surface area contributed by atoms with Crippen LogP contribution in [-0.4, -0.2) is 5.97 Å². The molecule has 2 nitrogen and oxygen atoms in total. The molecule has 0 unspecified atom stereocenters. The van der Waals surface area contributed by atoms with Gasteiger partial charge in [0.2, 0.25) is 0 Å².